The maximum atomic E-state index is 13.9. The number of sulfonamides is 1. The summed E-state index contributed by atoms with van der Waals surface area (Å²) in [5, 5.41) is 13.5. The number of nitro benzene ring substituents is 1. The van der Waals surface area contributed by atoms with Gasteiger partial charge in [-0.2, -0.15) is 0 Å². The predicted molar refractivity (Wildman–Crippen MR) is 223 cm³/mol. The highest BCUT2D eigenvalue weighted by molar-refractivity contribution is 7.90. The van der Waals surface area contributed by atoms with E-state index in [-0.39, 0.29) is 40.7 Å². The topological polar surface area (TPSA) is 160 Å². The van der Waals surface area contributed by atoms with Crippen LogP contribution >= 0.6 is 11.6 Å². The van der Waals surface area contributed by atoms with Crippen molar-refractivity contribution in [2.45, 2.75) is 51.3 Å². The van der Waals surface area contributed by atoms with Crippen LogP contribution in [0, 0.1) is 21.4 Å². The number of nitrogens with zero attached hydrogens (tertiary/aromatic N) is 4. The predicted octanol–water partition coefficient (Wildman–Crippen LogP) is 8.39. The average Bonchev–Trinajstić information content (AvgIpc) is 3.66. The molecule has 302 valence electrons. The molecule has 1 amide bonds. The van der Waals surface area contributed by atoms with Crippen molar-refractivity contribution in [2.75, 3.05) is 44.2 Å². The number of aromatic amines is 1. The van der Waals surface area contributed by atoms with Crippen LogP contribution < -0.4 is 19.1 Å². The number of nitro groups is 1. The molecule has 2 N–H and O–H groups in total. The number of H-pyrrole nitrogens is 1. The molecule has 0 radical (unpaired) electrons. The fourth-order valence-corrected chi connectivity index (χ4v) is 9.24. The number of fused-ring (bicyclic) bond motifs is 2. The summed E-state index contributed by atoms with van der Waals surface area (Å²) in [7, 11) is -4.58. The summed E-state index contributed by atoms with van der Waals surface area (Å²) < 4.78 is 41.5. The Hall–Kier alpha value is -5.44. The van der Waals surface area contributed by atoms with Gasteiger partial charge in [-0.1, -0.05) is 50.1 Å². The summed E-state index contributed by atoms with van der Waals surface area (Å²) in [6.45, 7) is 10.8. The highest BCUT2D eigenvalue weighted by atomic mass is 35.5. The van der Waals surface area contributed by atoms with Crippen LogP contribution in [-0.2, 0) is 16.4 Å². The minimum atomic E-state index is -4.58. The number of carbonyl (C=O) groups is 1. The van der Waals surface area contributed by atoms with E-state index >= 15 is 0 Å². The lowest BCUT2D eigenvalue weighted by atomic mass is 9.72. The number of hydrogen-bond acceptors (Lipinski definition) is 10. The number of amides is 1. The second kappa shape index (κ2) is 15.7. The van der Waals surface area contributed by atoms with Gasteiger partial charge in [0.2, 0.25) is 0 Å². The molecular weight excluding hydrogens is 780 g/mol. The lowest BCUT2D eigenvalue weighted by Crippen LogP contribution is -2.47. The van der Waals surface area contributed by atoms with Crippen molar-refractivity contribution in [3.05, 3.63) is 117 Å². The third-order valence-corrected chi connectivity index (χ3v) is 12.9. The molecular formula is C43H45ClN6O7S. The van der Waals surface area contributed by atoms with Crippen LogP contribution in [0.15, 0.2) is 89.6 Å². The van der Waals surface area contributed by atoms with E-state index in [1.54, 1.807) is 24.4 Å². The van der Waals surface area contributed by atoms with Gasteiger partial charge in [-0.3, -0.25) is 19.8 Å². The number of pyridine rings is 1. The molecule has 0 bridgehead atoms. The highest BCUT2D eigenvalue weighted by Gasteiger charge is 2.32. The molecule has 0 spiro atoms. The zero-order chi connectivity index (χ0) is 40.8. The lowest BCUT2D eigenvalue weighted by Gasteiger charge is -2.39. The van der Waals surface area contributed by atoms with Crippen molar-refractivity contribution in [2.24, 2.45) is 11.3 Å². The number of benzene rings is 3. The van der Waals surface area contributed by atoms with Gasteiger partial charge in [-0.15, -0.1) is 0 Å². The Morgan fingerprint density at radius 2 is 1.86 bits per heavy atom. The number of hydrogen-bond donors (Lipinski definition) is 2. The van der Waals surface area contributed by atoms with Gasteiger partial charge >= 0.3 is 0 Å². The number of carbonyl (C=O) groups excluding carboxylic acids is 1. The molecule has 2 aromatic heterocycles. The van der Waals surface area contributed by atoms with Crippen LogP contribution in [0.4, 0.5) is 11.4 Å². The Morgan fingerprint density at radius 1 is 1.09 bits per heavy atom. The smallest absolute Gasteiger partial charge is 0.277 e. The normalized spacial score (nSPS) is 18.4. The number of anilines is 1. The first-order valence-corrected chi connectivity index (χ1v) is 21.3. The molecule has 3 aromatic carbocycles. The summed E-state index contributed by atoms with van der Waals surface area (Å²) in [6, 6.07) is 19.0. The molecule has 2 aliphatic heterocycles. The van der Waals surface area contributed by atoms with Crippen LogP contribution in [0.3, 0.4) is 0 Å². The first kappa shape index (κ1) is 39.4. The van der Waals surface area contributed by atoms with E-state index in [9.17, 15) is 23.3 Å². The van der Waals surface area contributed by atoms with Gasteiger partial charge in [0, 0.05) is 73.2 Å². The molecule has 5 aromatic rings. The summed E-state index contributed by atoms with van der Waals surface area (Å²) in [5.74, 6) is -0.350. The molecule has 0 saturated carbocycles. The van der Waals surface area contributed by atoms with Gasteiger partial charge in [-0.05, 0) is 84.6 Å². The molecule has 4 heterocycles. The van der Waals surface area contributed by atoms with Crippen molar-refractivity contribution in [1.29, 1.82) is 0 Å². The van der Waals surface area contributed by atoms with Gasteiger partial charge in [0.1, 0.15) is 22.9 Å². The molecule has 0 unspecified atom stereocenters. The number of aromatic nitrogens is 2. The fraction of sp³-hybridized carbons (Fsp3) is 0.349. The lowest BCUT2D eigenvalue weighted by molar-refractivity contribution is -0.386. The van der Waals surface area contributed by atoms with Crippen LogP contribution in [0.5, 0.6) is 17.2 Å². The van der Waals surface area contributed by atoms with E-state index in [1.165, 1.54) is 35.0 Å². The van der Waals surface area contributed by atoms with Gasteiger partial charge in [0.15, 0.2) is 0 Å². The zero-order valence-electron chi connectivity index (χ0n) is 32.6. The minimum Gasteiger partial charge on any atom is -0.493 e. The van der Waals surface area contributed by atoms with E-state index in [1.807, 2.05) is 25.1 Å². The number of piperazine rings is 1. The van der Waals surface area contributed by atoms with E-state index < -0.39 is 25.7 Å². The van der Waals surface area contributed by atoms with Gasteiger partial charge < -0.3 is 19.4 Å². The third kappa shape index (κ3) is 8.40. The number of allylic oxidation sites excluding steroid dienone is 1. The molecule has 15 heteroatoms. The van der Waals surface area contributed by atoms with Crippen molar-refractivity contribution < 1.29 is 27.6 Å². The quantitative estimate of drug-likeness (QED) is 0.103. The average molecular weight is 825 g/mol. The van der Waals surface area contributed by atoms with Crippen LogP contribution in [0.1, 0.15) is 61.5 Å². The monoisotopic (exact) mass is 824 g/mol. The van der Waals surface area contributed by atoms with E-state index in [2.05, 4.69) is 50.5 Å². The number of halogens is 1. The second-order valence-corrected chi connectivity index (χ2v) is 18.4. The largest absolute Gasteiger partial charge is 0.493 e. The van der Waals surface area contributed by atoms with Crippen molar-refractivity contribution in [3.8, 4) is 17.2 Å². The minimum absolute atomic E-state index is 0.0211. The van der Waals surface area contributed by atoms with E-state index in [0.29, 0.717) is 23.4 Å². The number of nitrogens with one attached hydrogen (secondary N) is 2. The Balaban J connectivity index is 1.04. The van der Waals surface area contributed by atoms with Gasteiger partial charge in [0.05, 0.1) is 33.7 Å². The SMILES string of the molecule is C[C@@H]1COc2cc(S(=O)(=O)NC(=O)c3ccc(N4CCN(CC5=C(c6ccc(Cl)cc6)CC(C)(C)CC5)CC4)cc3Oc3cnc4[nH]ccc4c3)cc([N+](=O)[O-])c2C1. The van der Waals surface area contributed by atoms with E-state index in [4.69, 9.17) is 21.1 Å². The Bertz CT molecular complexity index is 2550. The number of ether oxygens (including phenoxy) is 2. The van der Waals surface area contributed by atoms with Crippen molar-refractivity contribution in [1.82, 2.24) is 19.6 Å². The molecule has 1 aliphatic carbocycles. The Labute approximate surface area is 342 Å². The third-order valence-electron chi connectivity index (χ3n) is 11.3. The van der Waals surface area contributed by atoms with Crippen LogP contribution in [-0.4, -0.2) is 73.4 Å². The van der Waals surface area contributed by atoms with E-state index in [0.717, 1.165) is 74.1 Å². The molecule has 1 saturated heterocycles. The first-order chi connectivity index (χ1) is 27.7. The van der Waals surface area contributed by atoms with Crippen LogP contribution in [0.25, 0.3) is 16.6 Å². The van der Waals surface area contributed by atoms with Gasteiger partial charge in [-0.25, -0.2) is 18.1 Å². The molecule has 3 aliphatic rings. The molecule has 58 heavy (non-hydrogen) atoms. The number of rotatable bonds is 10. The Morgan fingerprint density at radius 3 is 2.62 bits per heavy atom. The standard InChI is InChI=1S/C43H45ClN6O7S/c1-27-18-36-38(50(52)53)21-34(22-39(36)56-26-27)58(54,55)47-42(51)35-9-8-32(20-40(35)57-33-19-29-11-13-45-41(29)46-24-33)49-16-14-48(15-17-49)25-30-10-12-43(2,3)23-37(30)28-4-6-31(44)7-5-28/h4-9,11,13,19-22,24,27H,10,12,14-18,23,25-26H2,1-3H3,(H,45,46)(H,47,51)/t27-/m0/s1. The summed E-state index contributed by atoms with van der Waals surface area (Å²) >= 11 is 6.23. The molecule has 1 atom stereocenters. The Kier molecular flexibility index (Phi) is 10.7. The van der Waals surface area contributed by atoms with Crippen molar-refractivity contribution in [3.63, 3.8) is 0 Å². The maximum Gasteiger partial charge on any atom is 0.277 e. The fourth-order valence-electron chi connectivity index (χ4n) is 8.11. The molecule has 1 fully saturated rings. The first-order valence-electron chi connectivity index (χ1n) is 19.4. The summed E-state index contributed by atoms with van der Waals surface area (Å²) in [4.78, 5) is 36.9. The highest BCUT2D eigenvalue weighted by Crippen LogP contribution is 2.44. The van der Waals surface area contributed by atoms with Gasteiger partial charge in [0.25, 0.3) is 21.6 Å². The molecule has 13 nitrogen and oxygen atoms in total. The maximum absolute atomic E-state index is 13.9. The summed E-state index contributed by atoms with van der Waals surface area (Å²) in [6.07, 6.45) is 6.84. The van der Waals surface area contributed by atoms with Crippen molar-refractivity contribution >= 4 is 55.5 Å². The zero-order valence-corrected chi connectivity index (χ0v) is 34.2. The van der Waals surface area contributed by atoms with Crippen LogP contribution in [0.2, 0.25) is 5.02 Å². The summed E-state index contributed by atoms with van der Waals surface area (Å²) in [5.41, 5.74) is 5.71. The second-order valence-electron chi connectivity index (χ2n) is 16.3. The molecule has 8 rings (SSSR count).